The molecule has 0 spiro atoms. The molecule has 2 saturated heterocycles. The van der Waals surface area contributed by atoms with Gasteiger partial charge < -0.3 is 20.2 Å². The van der Waals surface area contributed by atoms with Crippen LogP contribution in [0.1, 0.15) is 49.7 Å². The third-order valence-corrected chi connectivity index (χ3v) is 10.5. The van der Waals surface area contributed by atoms with Crippen molar-refractivity contribution in [3.8, 4) is 0 Å². The van der Waals surface area contributed by atoms with Gasteiger partial charge in [0.2, 0.25) is 17.0 Å². The van der Waals surface area contributed by atoms with Crippen LogP contribution in [0, 0.1) is 5.92 Å². The number of benzene rings is 2. The first-order valence-electron chi connectivity index (χ1n) is 16.0. The SMILES string of the molecule is C=CCN(C(=O)NCc1ccc(S(=O)ON(C)C)cc1)C1CCN([C@H]2CN(C(=O)C3CCCC3)C[C@]2(O)c2ccccc2)CC1. The first kappa shape index (κ1) is 33.3. The number of hydrogen-bond donors (Lipinski definition) is 2. The molecule has 2 aromatic rings. The zero-order chi connectivity index (χ0) is 32.0. The molecular weight excluding hydrogens is 590 g/mol. The Hall–Kier alpha value is -3.09. The highest BCUT2D eigenvalue weighted by atomic mass is 32.2. The third kappa shape index (κ3) is 7.84. The second-order valence-electron chi connectivity index (χ2n) is 12.6. The Morgan fingerprint density at radius 2 is 1.73 bits per heavy atom. The molecule has 1 aliphatic carbocycles. The molecule has 244 valence electrons. The summed E-state index contributed by atoms with van der Waals surface area (Å²) < 4.78 is 17.4. The number of nitrogens with one attached hydrogen (secondary N) is 1. The highest BCUT2D eigenvalue weighted by Crippen LogP contribution is 2.39. The van der Waals surface area contributed by atoms with Crippen LogP contribution in [0.5, 0.6) is 0 Å². The normalized spacial score (nSPS) is 23.7. The average molecular weight is 638 g/mol. The number of nitrogens with zero attached hydrogens (tertiary/aromatic N) is 4. The van der Waals surface area contributed by atoms with Gasteiger partial charge in [-0.3, -0.25) is 9.69 Å². The monoisotopic (exact) mass is 637 g/mol. The molecule has 5 rings (SSSR count). The van der Waals surface area contributed by atoms with Gasteiger partial charge in [0.25, 0.3) is 0 Å². The predicted octanol–water partition coefficient (Wildman–Crippen LogP) is 3.65. The Morgan fingerprint density at radius 3 is 2.36 bits per heavy atom. The van der Waals surface area contributed by atoms with Crippen molar-refractivity contribution < 1.29 is 23.2 Å². The van der Waals surface area contributed by atoms with Crippen LogP contribution in [0.2, 0.25) is 0 Å². The van der Waals surface area contributed by atoms with Crippen molar-refractivity contribution in [3.05, 3.63) is 78.4 Å². The second kappa shape index (κ2) is 15.0. The lowest BCUT2D eigenvalue weighted by molar-refractivity contribution is -0.135. The number of aliphatic hydroxyl groups is 1. The van der Waals surface area contributed by atoms with Crippen LogP contribution in [0.3, 0.4) is 0 Å². The van der Waals surface area contributed by atoms with Crippen molar-refractivity contribution in [3.63, 3.8) is 0 Å². The standard InChI is InChI=1S/C34H47N5O5S/c1-4-20-39(33(41)35-23-26-14-16-30(17-15-26)45(43)44-36(2)3)29-18-21-37(22-19-29)31-24-38(32(40)27-10-8-9-11-27)25-34(31,42)28-12-6-5-7-13-28/h4-7,12-17,27,29,31,42H,1,8-11,18-25H2,2-3H3,(H,35,41)/t31-,34-,45?/m0/s1. The molecule has 0 bridgehead atoms. The topological polar surface area (TPSA) is 106 Å². The molecular formula is C34H47N5O5S. The highest BCUT2D eigenvalue weighted by molar-refractivity contribution is 7.80. The smallest absolute Gasteiger partial charge is 0.318 e. The van der Waals surface area contributed by atoms with Crippen molar-refractivity contribution in [1.29, 1.82) is 0 Å². The highest BCUT2D eigenvalue weighted by Gasteiger charge is 2.51. The van der Waals surface area contributed by atoms with Crippen molar-refractivity contribution in [2.45, 2.75) is 67.6 Å². The van der Waals surface area contributed by atoms with Crippen LogP contribution in [0.4, 0.5) is 4.79 Å². The number of β-amino-alcohol motifs (C(OH)–C–C–N with tert-alkyl or cyclic N) is 1. The summed E-state index contributed by atoms with van der Waals surface area (Å²) in [7, 11) is 3.35. The van der Waals surface area contributed by atoms with Gasteiger partial charge in [0.05, 0.1) is 17.5 Å². The molecule has 2 aromatic carbocycles. The fraction of sp³-hybridized carbons (Fsp3) is 0.529. The average Bonchev–Trinajstić information content (AvgIpc) is 3.72. The number of rotatable bonds is 11. The summed E-state index contributed by atoms with van der Waals surface area (Å²) in [5, 5.41) is 16.6. The van der Waals surface area contributed by atoms with Crippen molar-refractivity contribution in [2.75, 3.05) is 46.8 Å². The quantitative estimate of drug-likeness (QED) is 0.286. The van der Waals surface area contributed by atoms with E-state index in [0.717, 1.165) is 49.7 Å². The molecule has 1 saturated carbocycles. The van der Waals surface area contributed by atoms with Crippen molar-refractivity contribution in [1.82, 2.24) is 25.1 Å². The summed E-state index contributed by atoms with van der Waals surface area (Å²) in [6.45, 7) is 6.89. The molecule has 45 heavy (non-hydrogen) atoms. The third-order valence-electron chi connectivity index (χ3n) is 9.41. The maximum Gasteiger partial charge on any atom is 0.318 e. The summed E-state index contributed by atoms with van der Waals surface area (Å²) in [6, 6.07) is 16.5. The molecule has 0 aromatic heterocycles. The zero-order valence-electron chi connectivity index (χ0n) is 26.5. The van der Waals surface area contributed by atoms with Gasteiger partial charge in [-0.25, -0.2) is 9.00 Å². The summed E-state index contributed by atoms with van der Waals surface area (Å²) >= 11 is -1.59. The number of amides is 3. The molecule has 3 atom stereocenters. The van der Waals surface area contributed by atoms with E-state index in [9.17, 15) is 18.9 Å². The molecule has 0 radical (unpaired) electrons. The maximum absolute atomic E-state index is 13.4. The molecule has 1 unspecified atom stereocenters. The number of carbonyl (C=O) groups excluding carboxylic acids is 2. The van der Waals surface area contributed by atoms with E-state index in [4.69, 9.17) is 4.28 Å². The van der Waals surface area contributed by atoms with E-state index < -0.39 is 16.7 Å². The Kier molecular flexibility index (Phi) is 11.1. The van der Waals surface area contributed by atoms with Crippen LogP contribution in [0.25, 0.3) is 0 Å². The van der Waals surface area contributed by atoms with Gasteiger partial charge in [0.1, 0.15) is 5.60 Å². The number of hydroxylamine groups is 2. The minimum atomic E-state index is -1.59. The first-order chi connectivity index (χ1) is 21.7. The Labute approximate surface area is 269 Å². The van der Waals surface area contributed by atoms with E-state index >= 15 is 0 Å². The van der Waals surface area contributed by atoms with Crippen LogP contribution in [-0.4, -0.2) is 99.9 Å². The van der Waals surface area contributed by atoms with Gasteiger partial charge in [-0.15, -0.1) is 6.58 Å². The predicted molar refractivity (Wildman–Crippen MR) is 174 cm³/mol. The van der Waals surface area contributed by atoms with Gasteiger partial charge in [-0.2, -0.15) is 9.35 Å². The van der Waals surface area contributed by atoms with E-state index in [-0.39, 0.29) is 29.9 Å². The summed E-state index contributed by atoms with van der Waals surface area (Å²) in [4.78, 5) is 33.4. The van der Waals surface area contributed by atoms with Gasteiger partial charge in [0.15, 0.2) is 0 Å². The van der Waals surface area contributed by atoms with Crippen LogP contribution >= 0.6 is 0 Å². The fourth-order valence-corrected chi connectivity index (χ4v) is 7.78. The lowest BCUT2D eigenvalue weighted by Gasteiger charge is -2.43. The van der Waals surface area contributed by atoms with Crippen molar-refractivity contribution >= 4 is 23.0 Å². The van der Waals surface area contributed by atoms with E-state index in [1.54, 1.807) is 32.3 Å². The molecule has 10 nitrogen and oxygen atoms in total. The first-order valence-corrected chi connectivity index (χ1v) is 17.1. The summed E-state index contributed by atoms with van der Waals surface area (Å²) in [5.41, 5.74) is 0.581. The number of hydrogen-bond acceptors (Lipinski definition) is 7. The summed E-state index contributed by atoms with van der Waals surface area (Å²) in [6.07, 6.45) is 7.33. The number of piperidine rings is 1. The minimum Gasteiger partial charge on any atom is -0.382 e. The molecule has 2 N–H and O–H groups in total. The Balaban J connectivity index is 1.21. The molecule has 2 aliphatic heterocycles. The van der Waals surface area contributed by atoms with Crippen LogP contribution < -0.4 is 5.32 Å². The Bertz CT molecular complexity index is 1330. The minimum absolute atomic E-state index is 0.0228. The van der Waals surface area contributed by atoms with E-state index in [2.05, 4.69) is 16.8 Å². The zero-order valence-corrected chi connectivity index (χ0v) is 27.3. The van der Waals surface area contributed by atoms with Crippen LogP contribution in [-0.2, 0) is 32.3 Å². The molecule has 11 heteroatoms. The number of likely N-dealkylation sites (tertiary alicyclic amines) is 2. The van der Waals surface area contributed by atoms with Gasteiger partial charge in [-0.05, 0) is 48.9 Å². The fourth-order valence-electron chi connectivity index (χ4n) is 7.07. The van der Waals surface area contributed by atoms with Crippen LogP contribution in [0.15, 0.2) is 72.1 Å². The molecule has 3 amide bonds. The van der Waals surface area contributed by atoms with E-state index in [1.807, 2.05) is 52.3 Å². The molecule has 3 fully saturated rings. The van der Waals surface area contributed by atoms with Gasteiger partial charge >= 0.3 is 6.03 Å². The lowest BCUT2D eigenvalue weighted by atomic mass is 9.86. The van der Waals surface area contributed by atoms with E-state index in [1.165, 1.54) is 5.06 Å². The van der Waals surface area contributed by atoms with Crippen molar-refractivity contribution in [2.24, 2.45) is 5.92 Å². The van der Waals surface area contributed by atoms with Gasteiger partial charge in [-0.1, -0.05) is 61.4 Å². The number of urea groups is 1. The maximum atomic E-state index is 13.4. The molecule has 3 aliphatic rings. The largest absolute Gasteiger partial charge is 0.382 e. The summed E-state index contributed by atoms with van der Waals surface area (Å²) in [5.74, 6) is 0.248. The molecule has 2 heterocycles. The number of carbonyl (C=O) groups is 2. The Morgan fingerprint density at radius 1 is 1.07 bits per heavy atom. The van der Waals surface area contributed by atoms with Gasteiger partial charge in [0, 0.05) is 58.8 Å². The lowest BCUT2D eigenvalue weighted by Crippen LogP contribution is -2.56. The van der Waals surface area contributed by atoms with E-state index in [0.29, 0.717) is 44.2 Å². The second-order valence-corrected chi connectivity index (χ2v) is 13.7.